The van der Waals surface area contributed by atoms with E-state index in [0.717, 1.165) is 4.31 Å². The van der Waals surface area contributed by atoms with Gasteiger partial charge in [0.05, 0.1) is 19.3 Å². The van der Waals surface area contributed by atoms with E-state index in [9.17, 15) is 23.1 Å². The summed E-state index contributed by atoms with van der Waals surface area (Å²) in [6, 6.07) is 8.76. The number of nitrogens with one attached hydrogen (secondary N) is 2. The molecule has 39 heavy (non-hydrogen) atoms. The monoisotopic (exact) mass is 558 g/mol. The molecule has 3 N–H and O–H groups in total. The molecular formula is C27H34N4O7S. The summed E-state index contributed by atoms with van der Waals surface area (Å²) in [7, 11) is -2.93. The molecule has 0 bridgehead atoms. The molecule has 210 valence electrons. The van der Waals surface area contributed by atoms with Crippen molar-refractivity contribution in [1.82, 2.24) is 19.9 Å². The largest absolute Gasteiger partial charge is 0.497 e. The second kappa shape index (κ2) is 12.1. The summed E-state index contributed by atoms with van der Waals surface area (Å²) in [5, 5.41) is 16.9. The van der Waals surface area contributed by atoms with Crippen LogP contribution in [-0.4, -0.2) is 73.0 Å². The topological polar surface area (TPSA) is 151 Å². The van der Waals surface area contributed by atoms with Crippen LogP contribution < -0.4 is 15.4 Å². The number of pyridine rings is 1. The number of aromatic nitrogens is 1. The maximum absolute atomic E-state index is 14.1. The number of amides is 2. The number of nitrogens with zero attached hydrogens (tertiary/aromatic N) is 2. The lowest BCUT2D eigenvalue weighted by Crippen LogP contribution is -2.57. The first-order valence-corrected chi connectivity index (χ1v) is 14.3. The molecule has 3 heterocycles. The lowest BCUT2D eigenvalue weighted by Gasteiger charge is -2.35. The van der Waals surface area contributed by atoms with Gasteiger partial charge in [0, 0.05) is 18.1 Å². The minimum Gasteiger partial charge on any atom is -0.497 e. The van der Waals surface area contributed by atoms with Crippen LogP contribution in [0.3, 0.4) is 0 Å². The van der Waals surface area contributed by atoms with E-state index in [1.54, 1.807) is 24.3 Å². The van der Waals surface area contributed by atoms with Gasteiger partial charge < -0.3 is 24.9 Å². The molecule has 0 saturated carbocycles. The average molecular weight is 559 g/mol. The number of hydrogen-bond acceptors (Lipinski definition) is 9. The number of carbonyl (C=O) groups excluding carboxylic acids is 2. The first-order chi connectivity index (χ1) is 18.6. The Morgan fingerprint density at radius 1 is 1.26 bits per heavy atom. The summed E-state index contributed by atoms with van der Waals surface area (Å²) >= 11 is 0. The Kier molecular flexibility index (Phi) is 8.88. The summed E-state index contributed by atoms with van der Waals surface area (Å²) in [4.78, 5) is 31.4. The Balaban J connectivity index is 1.70. The maximum Gasteiger partial charge on any atom is 0.287 e. The van der Waals surface area contributed by atoms with Crippen molar-refractivity contribution in [1.29, 1.82) is 0 Å². The second-order valence-corrected chi connectivity index (χ2v) is 11.7. The Morgan fingerprint density at radius 2 is 2.05 bits per heavy atom. The molecule has 12 heteroatoms. The molecule has 1 aromatic carbocycles. The minimum atomic E-state index is -4.46. The molecule has 1 aliphatic heterocycles. The van der Waals surface area contributed by atoms with Crippen molar-refractivity contribution in [3.63, 3.8) is 0 Å². The molecule has 1 fully saturated rings. The highest BCUT2D eigenvalue weighted by atomic mass is 32.2. The SMILES string of the molecule is COc1ccc2oc(C(=O)NC(CC(C)C)C(=O)N(C3CCCNC[C@@H]3O)S(=O)(=O)c3ccccn3)cc2c1. The summed E-state index contributed by atoms with van der Waals surface area (Å²) < 4.78 is 39.3. The smallest absolute Gasteiger partial charge is 0.287 e. The Hall–Kier alpha value is -3.48. The molecule has 0 radical (unpaired) electrons. The molecule has 3 aromatic rings. The molecule has 1 aliphatic rings. The Bertz CT molecular complexity index is 1410. The minimum absolute atomic E-state index is 0.0300. The first kappa shape index (κ1) is 28.5. The molecule has 4 rings (SSSR count). The number of rotatable bonds is 9. The molecule has 0 spiro atoms. The molecule has 3 atom stereocenters. The van der Waals surface area contributed by atoms with E-state index in [1.807, 2.05) is 13.8 Å². The third-order valence-electron chi connectivity index (χ3n) is 6.59. The van der Waals surface area contributed by atoms with Gasteiger partial charge in [-0.1, -0.05) is 19.9 Å². The maximum atomic E-state index is 14.1. The van der Waals surface area contributed by atoms with Gasteiger partial charge in [0.25, 0.3) is 21.8 Å². The first-order valence-electron chi connectivity index (χ1n) is 12.9. The van der Waals surface area contributed by atoms with Gasteiger partial charge in [0.1, 0.15) is 17.4 Å². The van der Waals surface area contributed by atoms with Crippen LogP contribution in [0.25, 0.3) is 11.0 Å². The number of carbonyl (C=O) groups is 2. The van der Waals surface area contributed by atoms with Crippen molar-refractivity contribution < 1.29 is 32.3 Å². The van der Waals surface area contributed by atoms with Gasteiger partial charge in [0.2, 0.25) is 0 Å². The lowest BCUT2D eigenvalue weighted by molar-refractivity contribution is -0.132. The zero-order valence-corrected chi connectivity index (χ0v) is 23.0. The van der Waals surface area contributed by atoms with Gasteiger partial charge in [-0.2, -0.15) is 8.42 Å². The van der Waals surface area contributed by atoms with Gasteiger partial charge >= 0.3 is 0 Å². The van der Waals surface area contributed by atoms with Crippen molar-refractivity contribution in [2.24, 2.45) is 5.92 Å². The highest BCUT2D eigenvalue weighted by molar-refractivity contribution is 7.89. The van der Waals surface area contributed by atoms with Crippen LogP contribution in [0.2, 0.25) is 0 Å². The molecule has 2 amide bonds. The number of fused-ring (bicyclic) bond motifs is 1. The fraction of sp³-hybridized carbons (Fsp3) is 0.444. The van der Waals surface area contributed by atoms with Crippen LogP contribution in [-0.2, 0) is 14.8 Å². The summed E-state index contributed by atoms with van der Waals surface area (Å²) in [6.45, 7) is 4.42. The standard InChI is InChI=1S/C27H34N4O7S/c1-17(2)13-20(30-26(33)24-15-18-14-19(37-3)9-10-23(18)38-24)27(34)31(21-7-6-11-28-16-22(21)32)39(35,36)25-8-4-5-12-29-25/h4-5,8-10,12,14-15,17,20-22,28,32H,6-7,11,13,16H2,1-3H3,(H,30,33)/t20?,21?,22-/m0/s1. The normalized spacial score (nSPS) is 18.9. The van der Waals surface area contributed by atoms with Crippen LogP contribution in [0.15, 0.2) is 58.1 Å². The lowest BCUT2D eigenvalue weighted by atomic mass is 10.0. The van der Waals surface area contributed by atoms with Gasteiger partial charge in [-0.25, -0.2) is 9.29 Å². The van der Waals surface area contributed by atoms with E-state index in [0.29, 0.717) is 29.7 Å². The number of furan rings is 1. The van der Waals surface area contributed by atoms with Crippen molar-refractivity contribution in [3.05, 3.63) is 54.4 Å². The molecule has 1 saturated heterocycles. The summed E-state index contributed by atoms with van der Waals surface area (Å²) in [6.07, 6.45) is 1.14. The van der Waals surface area contributed by atoms with Crippen molar-refractivity contribution >= 4 is 32.8 Å². The van der Waals surface area contributed by atoms with Crippen molar-refractivity contribution in [3.8, 4) is 5.75 Å². The molecule has 0 aliphatic carbocycles. The fourth-order valence-corrected chi connectivity index (χ4v) is 6.30. The molecule has 11 nitrogen and oxygen atoms in total. The van der Waals surface area contributed by atoms with E-state index in [4.69, 9.17) is 9.15 Å². The third kappa shape index (κ3) is 6.40. The highest BCUT2D eigenvalue weighted by Crippen LogP contribution is 2.27. The van der Waals surface area contributed by atoms with E-state index >= 15 is 0 Å². The molecule has 2 aromatic heterocycles. The van der Waals surface area contributed by atoms with Crippen LogP contribution in [0.5, 0.6) is 5.75 Å². The van der Waals surface area contributed by atoms with E-state index in [2.05, 4.69) is 15.6 Å². The fourth-order valence-electron chi connectivity index (χ4n) is 4.68. The zero-order valence-electron chi connectivity index (χ0n) is 22.2. The predicted octanol–water partition coefficient (Wildman–Crippen LogP) is 2.31. The van der Waals surface area contributed by atoms with E-state index in [1.165, 1.54) is 31.5 Å². The number of methoxy groups -OCH3 is 1. The van der Waals surface area contributed by atoms with Gasteiger partial charge in [0.15, 0.2) is 10.8 Å². The zero-order chi connectivity index (χ0) is 28.2. The second-order valence-electron chi connectivity index (χ2n) is 9.96. The molecular weight excluding hydrogens is 524 g/mol. The van der Waals surface area contributed by atoms with Gasteiger partial charge in [-0.05, 0) is 68.1 Å². The predicted molar refractivity (Wildman–Crippen MR) is 144 cm³/mol. The van der Waals surface area contributed by atoms with E-state index in [-0.39, 0.29) is 36.1 Å². The van der Waals surface area contributed by atoms with Crippen molar-refractivity contribution in [2.45, 2.75) is 56.3 Å². The van der Waals surface area contributed by atoms with Crippen LogP contribution in [0.4, 0.5) is 0 Å². The van der Waals surface area contributed by atoms with Gasteiger partial charge in [-0.3, -0.25) is 9.59 Å². The van der Waals surface area contributed by atoms with Crippen molar-refractivity contribution in [2.75, 3.05) is 20.2 Å². The average Bonchev–Trinajstić information content (AvgIpc) is 3.24. The number of β-amino-alcohol motifs (C(OH)–C–C–N with tert-alkyl or cyclic N) is 1. The number of aliphatic hydroxyl groups is 1. The number of ether oxygens (including phenoxy) is 1. The summed E-state index contributed by atoms with van der Waals surface area (Å²) in [5.41, 5.74) is 0.459. The number of aliphatic hydroxyl groups excluding tert-OH is 1. The number of hydrogen-bond donors (Lipinski definition) is 3. The van der Waals surface area contributed by atoms with Crippen LogP contribution in [0, 0.1) is 5.92 Å². The number of sulfonamides is 1. The van der Waals surface area contributed by atoms with E-state index < -0.39 is 40.0 Å². The Morgan fingerprint density at radius 3 is 2.74 bits per heavy atom. The molecule has 2 unspecified atom stereocenters. The van der Waals surface area contributed by atoms with Crippen LogP contribution >= 0.6 is 0 Å². The summed E-state index contributed by atoms with van der Waals surface area (Å²) in [5.74, 6) is -1.01. The Labute approximate surface area is 227 Å². The number of benzene rings is 1. The van der Waals surface area contributed by atoms with Crippen LogP contribution in [0.1, 0.15) is 43.7 Å². The third-order valence-corrected chi connectivity index (χ3v) is 8.33. The highest BCUT2D eigenvalue weighted by Gasteiger charge is 2.43. The quantitative estimate of drug-likeness (QED) is 0.359. The van der Waals surface area contributed by atoms with Gasteiger partial charge in [-0.15, -0.1) is 0 Å².